The first kappa shape index (κ1) is 27.5. The van der Waals surface area contributed by atoms with Crippen LogP contribution < -0.4 is 10.6 Å². The maximum Gasteiger partial charge on any atom is 0.170 e. The smallest absolute Gasteiger partial charge is 0.170 e. The monoisotopic (exact) mass is 510 g/mol. The second-order valence-corrected chi connectivity index (χ2v) is 9.82. The Kier molecular flexibility index (Phi) is 9.51. The van der Waals surface area contributed by atoms with E-state index in [9.17, 15) is 15.5 Å². The van der Waals surface area contributed by atoms with Crippen LogP contribution in [0, 0.1) is 11.3 Å². The number of nitrogens with zero attached hydrogens (tertiary/aromatic N) is 2. The molecule has 2 saturated heterocycles. The number of aliphatic hydroxyl groups excluding tert-OH is 3. The van der Waals surface area contributed by atoms with Crippen LogP contribution in [0.5, 0.6) is 0 Å². The van der Waals surface area contributed by atoms with Gasteiger partial charge in [0.25, 0.3) is 0 Å². The highest BCUT2D eigenvalue weighted by Gasteiger charge is 2.49. The summed E-state index contributed by atoms with van der Waals surface area (Å²) < 4.78 is 10.7. The highest BCUT2D eigenvalue weighted by atomic mass is 16.6. The summed E-state index contributed by atoms with van der Waals surface area (Å²) >= 11 is 0. The average molecular weight is 511 g/mol. The molecule has 2 heterocycles. The fourth-order valence-corrected chi connectivity index (χ4v) is 5.00. The second kappa shape index (κ2) is 12.8. The minimum absolute atomic E-state index is 0.134. The predicted molar refractivity (Wildman–Crippen MR) is 143 cm³/mol. The van der Waals surface area contributed by atoms with Crippen LogP contribution in [0.15, 0.2) is 42.0 Å². The Bertz CT molecular complexity index is 1110. The first-order valence-corrected chi connectivity index (χ1v) is 12.9. The van der Waals surface area contributed by atoms with E-state index in [0.29, 0.717) is 12.0 Å². The maximum atomic E-state index is 10.2. The summed E-state index contributed by atoms with van der Waals surface area (Å²) in [5.74, 6) is 0. The van der Waals surface area contributed by atoms with E-state index in [2.05, 4.69) is 51.9 Å². The topological polar surface area (TPSA) is 130 Å². The average Bonchev–Trinajstić information content (AvgIpc) is 3.71. The fraction of sp³-hybridized carbons (Fsp3) is 0.536. The van der Waals surface area contributed by atoms with E-state index in [0.717, 1.165) is 81.4 Å². The molecular weight excluding hydrogens is 472 g/mol. The van der Waals surface area contributed by atoms with Crippen molar-refractivity contribution in [3.8, 4) is 6.07 Å². The maximum absolute atomic E-state index is 10.2. The van der Waals surface area contributed by atoms with Crippen LogP contribution in [0.2, 0.25) is 0 Å². The molecule has 9 nitrogen and oxygen atoms in total. The minimum atomic E-state index is -0.979. The van der Waals surface area contributed by atoms with Gasteiger partial charge in [-0.05, 0) is 59.9 Å². The summed E-state index contributed by atoms with van der Waals surface area (Å²) in [4.78, 5) is 2.41. The van der Waals surface area contributed by atoms with Gasteiger partial charge in [0.05, 0.1) is 49.1 Å². The zero-order valence-electron chi connectivity index (χ0n) is 21.4. The molecule has 3 fully saturated rings. The van der Waals surface area contributed by atoms with Gasteiger partial charge in [-0.1, -0.05) is 18.2 Å². The molecular formula is C28H38N4O5. The number of rotatable bonds is 8. The van der Waals surface area contributed by atoms with E-state index in [1.165, 1.54) is 0 Å². The van der Waals surface area contributed by atoms with Crippen molar-refractivity contribution in [1.82, 2.24) is 10.2 Å². The Hall–Kier alpha value is -2.55. The quantitative estimate of drug-likeness (QED) is 0.337. The zero-order chi connectivity index (χ0) is 26.3. The number of morpholine rings is 1. The molecule has 2 aliphatic heterocycles. The molecule has 1 aliphatic carbocycles. The lowest BCUT2D eigenvalue weighted by Gasteiger charge is -2.34. The number of nitrogens with one attached hydrogen (secondary N) is 2. The molecule has 0 bridgehead atoms. The molecule has 0 spiro atoms. The Morgan fingerprint density at radius 1 is 1.14 bits per heavy atom. The van der Waals surface area contributed by atoms with Crippen LogP contribution in [0.4, 0.5) is 5.69 Å². The molecule has 2 aromatic carbocycles. The summed E-state index contributed by atoms with van der Waals surface area (Å²) in [7, 11) is 1.00. The number of benzene rings is 2. The third-order valence-electron chi connectivity index (χ3n) is 7.21. The molecule has 9 heteroatoms. The van der Waals surface area contributed by atoms with Gasteiger partial charge in [-0.15, -0.1) is 0 Å². The molecule has 0 radical (unpaired) electrons. The van der Waals surface area contributed by atoms with Crippen molar-refractivity contribution in [2.75, 3.05) is 58.4 Å². The van der Waals surface area contributed by atoms with Crippen LogP contribution in [-0.2, 0) is 9.47 Å². The summed E-state index contributed by atoms with van der Waals surface area (Å²) in [6.07, 6.45) is 2.38. The highest BCUT2D eigenvalue weighted by molar-refractivity contribution is 5.88. The van der Waals surface area contributed by atoms with E-state index in [-0.39, 0.29) is 6.61 Å². The highest BCUT2D eigenvalue weighted by Crippen LogP contribution is 2.44. The van der Waals surface area contributed by atoms with Gasteiger partial charge in [0.2, 0.25) is 0 Å². The van der Waals surface area contributed by atoms with Crippen molar-refractivity contribution >= 4 is 22.5 Å². The Balaban J connectivity index is 0.00000156. The van der Waals surface area contributed by atoms with Crippen LogP contribution in [0.1, 0.15) is 24.8 Å². The first-order valence-electron chi connectivity index (χ1n) is 12.9. The number of fused-ring (bicyclic) bond motifs is 1. The zero-order valence-corrected chi connectivity index (χ0v) is 21.4. The van der Waals surface area contributed by atoms with E-state index < -0.39 is 24.0 Å². The number of anilines is 1. The lowest BCUT2D eigenvalue weighted by molar-refractivity contribution is -0.174. The van der Waals surface area contributed by atoms with E-state index in [1.807, 2.05) is 12.1 Å². The van der Waals surface area contributed by atoms with Crippen molar-refractivity contribution in [2.45, 2.75) is 43.2 Å². The molecule has 5 N–H and O–H groups in total. The first-order chi connectivity index (χ1) is 18.0. The van der Waals surface area contributed by atoms with E-state index in [1.54, 1.807) is 0 Å². The Labute approximate surface area is 218 Å². The van der Waals surface area contributed by atoms with Crippen molar-refractivity contribution in [2.24, 2.45) is 0 Å². The Morgan fingerprint density at radius 2 is 1.86 bits per heavy atom. The van der Waals surface area contributed by atoms with Gasteiger partial charge in [0, 0.05) is 39.0 Å². The minimum Gasteiger partial charge on any atom is -0.400 e. The molecule has 37 heavy (non-hydrogen) atoms. The van der Waals surface area contributed by atoms with E-state index >= 15 is 0 Å². The van der Waals surface area contributed by atoms with Gasteiger partial charge in [0.15, 0.2) is 6.29 Å². The van der Waals surface area contributed by atoms with Crippen molar-refractivity contribution in [3.05, 3.63) is 47.5 Å². The summed E-state index contributed by atoms with van der Waals surface area (Å²) in [6, 6.07) is 14.6. The van der Waals surface area contributed by atoms with Gasteiger partial charge in [0.1, 0.15) is 0 Å². The lowest BCUT2D eigenvalue weighted by Crippen LogP contribution is -2.53. The molecule has 5 rings (SSSR count). The third kappa shape index (κ3) is 7.06. The molecule has 200 valence electrons. The molecule has 1 saturated carbocycles. The standard InChI is InChI=1S/C27H34N4O4.CH4O/c28-17-22(27(5-6-27)30-25-16-24(32)18-35-26(25)33)14-19-1-2-21-15-23(4-3-20(21)13-19)29-7-8-31-9-11-34-12-10-31;1-2/h1-4,13-15,24-26,29-30,32-33H,5-12,16,18H2;2H,1H3/b22-14+;. The van der Waals surface area contributed by atoms with Crippen molar-refractivity contribution < 1.29 is 24.8 Å². The van der Waals surface area contributed by atoms with Crippen LogP contribution in [0.25, 0.3) is 16.8 Å². The number of aliphatic hydroxyl groups is 3. The van der Waals surface area contributed by atoms with Gasteiger partial charge < -0.3 is 30.1 Å². The normalized spacial score (nSPS) is 25.6. The summed E-state index contributed by atoms with van der Waals surface area (Å²) in [5, 5.41) is 46.2. The van der Waals surface area contributed by atoms with Crippen molar-refractivity contribution in [1.29, 1.82) is 5.26 Å². The molecule has 0 aromatic heterocycles. The van der Waals surface area contributed by atoms with Crippen LogP contribution in [-0.4, -0.2) is 97.3 Å². The second-order valence-electron chi connectivity index (χ2n) is 9.82. The molecule has 3 unspecified atom stereocenters. The number of nitriles is 1. The largest absolute Gasteiger partial charge is 0.400 e. The van der Waals surface area contributed by atoms with Crippen molar-refractivity contribution in [3.63, 3.8) is 0 Å². The third-order valence-corrected chi connectivity index (χ3v) is 7.21. The summed E-state index contributed by atoms with van der Waals surface area (Å²) in [6.45, 7) is 5.65. The van der Waals surface area contributed by atoms with Crippen LogP contribution >= 0.6 is 0 Å². The van der Waals surface area contributed by atoms with Gasteiger partial charge in [-0.3, -0.25) is 10.2 Å². The SMILES string of the molecule is CO.N#C/C(=C\c1ccc2cc(NCCN3CCOCC3)ccc2c1)C1(NC2CC(O)COC2O)CC1. The molecule has 0 amide bonds. The molecule has 3 aliphatic rings. The number of hydrogen-bond donors (Lipinski definition) is 5. The lowest BCUT2D eigenvalue weighted by atomic mass is 9.98. The van der Waals surface area contributed by atoms with E-state index in [4.69, 9.17) is 14.6 Å². The van der Waals surface area contributed by atoms with Gasteiger partial charge in [-0.2, -0.15) is 5.26 Å². The summed E-state index contributed by atoms with van der Waals surface area (Å²) in [5.41, 5.74) is 2.24. The molecule has 3 atom stereocenters. The fourth-order valence-electron chi connectivity index (χ4n) is 5.00. The molecule has 2 aromatic rings. The number of hydrogen-bond acceptors (Lipinski definition) is 9. The number of ether oxygens (including phenoxy) is 2. The van der Waals surface area contributed by atoms with Crippen LogP contribution in [0.3, 0.4) is 0 Å². The van der Waals surface area contributed by atoms with Gasteiger partial charge in [-0.25, -0.2) is 0 Å². The Morgan fingerprint density at radius 3 is 2.59 bits per heavy atom. The van der Waals surface area contributed by atoms with Gasteiger partial charge >= 0.3 is 0 Å². The predicted octanol–water partition coefficient (Wildman–Crippen LogP) is 1.69.